The third-order valence-electron chi connectivity index (χ3n) is 6.95. The van der Waals surface area contributed by atoms with Gasteiger partial charge in [-0.25, -0.2) is 4.68 Å². The molecule has 4 aromatic rings. The summed E-state index contributed by atoms with van der Waals surface area (Å²) in [6.45, 7) is 1.95. The molecule has 5 rings (SSSR count). The maximum absolute atomic E-state index is 13.3. The third kappa shape index (κ3) is 4.89. The van der Waals surface area contributed by atoms with Crippen molar-refractivity contribution in [3.63, 3.8) is 0 Å². The zero-order valence-electron chi connectivity index (χ0n) is 21.2. The van der Waals surface area contributed by atoms with Crippen LogP contribution < -0.4 is 10.6 Å². The fraction of sp³-hybridized carbons (Fsp3) is 0.241. The highest BCUT2D eigenvalue weighted by atomic mass is 16.2. The first-order valence-electron chi connectivity index (χ1n) is 12.4. The molecule has 0 aliphatic heterocycles. The molecule has 0 radical (unpaired) electrons. The SMILES string of the molecule is CNC(=O)C(Cc1cn(-c2ccc(-c3ccc(C#N)cc3)cc2)nn1)NC(=O)C1(c2ncccc2C)CC1. The topological polar surface area (TPSA) is 126 Å². The van der Waals surface area contributed by atoms with Crippen molar-refractivity contribution in [3.8, 4) is 22.9 Å². The number of nitrogens with zero attached hydrogens (tertiary/aromatic N) is 5. The lowest BCUT2D eigenvalue weighted by Gasteiger charge is -2.21. The van der Waals surface area contributed by atoms with Crippen molar-refractivity contribution in [2.24, 2.45) is 0 Å². The molecule has 1 saturated carbocycles. The van der Waals surface area contributed by atoms with Crippen LogP contribution >= 0.6 is 0 Å². The van der Waals surface area contributed by atoms with E-state index in [9.17, 15) is 9.59 Å². The van der Waals surface area contributed by atoms with E-state index in [4.69, 9.17) is 5.26 Å². The Hall–Kier alpha value is -4.84. The minimum Gasteiger partial charge on any atom is -0.357 e. The molecule has 9 nitrogen and oxygen atoms in total. The Labute approximate surface area is 220 Å². The van der Waals surface area contributed by atoms with Crippen LogP contribution in [0.4, 0.5) is 0 Å². The van der Waals surface area contributed by atoms with Crippen LogP contribution in [0.3, 0.4) is 0 Å². The third-order valence-corrected chi connectivity index (χ3v) is 6.95. The molecule has 2 heterocycles. The van der Waals surface area contributed by atoms with Gasteiger partial charge >= 0.3 is 0 Å². The molecule has 1 fully saturated rings. The van der Waals surface area contributed by atoms with E-state index in [1.165, 1.54) is 0 Å². The highest BCUT2D eigenvalue weighted by Crippen LogP contribution is 2.48. The second-order valence-electron chi connectivity index (χ2n) is 9.49. The lowest BCUT2D eigenvalue weighted by molar-refractivity contribution is -0.130. The number of hydrogen-bond donors (Lipinski definition) is 2. The van der Waals surface area contributed by atoms with Crippen LogP contribution in [-0.2, 0) is 21.4 Å². The molecular formula is C29H27N7O2. The summed E-state index contributed by atoms with van der Waals surface area (Å²) in [5.74, 6) is -0.494. The molecule has 0 saturated heterocycles. The largest absolute Gasteiger partial charge is 0.357 e. The summed E-state index contributed by atoms with van der Waals surface area (Å²) in [5.41, 5.74) is 5.06. The van der Waals surface area contributed by atoms with Crippen molar-refractivity contribution >= 4 is 11.8 Å². The molecule has 190 valence electrons. The standard InChI is InChI=1S/C29H27N7O2/c1-19-4-3-15-32-26(19)29(13-14-29)28(38)33-25(27(37)31-2)16-23-18-36(35-34-23)24-11-9-22(10-12-24)21-7-5-20(17-30)6-8-21/h3-12,15,18,25H,13-14,16H2,1-2H3,(H,31,37)(H,33,38). The van der Waals surface area contributed by atoms with E-state index in [2.05, 4.69) is 32.0 Å². The Balaban J connectivity index is 1.30. The number of amides is 2. The van der Waals surface area contributed by atoms with Crippen LogP contribution in [0.2, 0.25) is 0 Å². The first-order valence-corrected chi connectivity index (χ1v) is 12.4. The van der Waals surface area contributed by atoms with Crippen molar-refractivity contribution in [1.29, 1.82) is 5.26 Å². The molecule has 1 atom stereocenters. The second kappa shape index (κ2) is 10.3. The predicted octanol–water partition coefficient (Wildman–Crippen LogP) is 3.01. The van der Waals surface area contributed by atoms with Gasteiger partial charge in [0.25, 0.3) is 0 Å². The molecule has 9 heteroatoms. The summed E-state index contributed by atoms with van der Waals surface area (Å²) >= 11 is 0. The number of nitriles is 1. The van der Waals surface area contributed by atoms with Gasteiger partial charge in [-0.05, 0) is 66.8 Å². The Kier molecular flexibility index (Phi) is 6.71. The van der Waals surface area contributed by atoms with Gasteiger partial charge in [-0.3, -0.25) is 14.6 Å². The zero-order chi connectivity index (χ0) is 26.7. The highest BCUT2D eigenvalue weighted by Gasteiger charge is 2.53. The van der Waals surface area contributed by atoms with Gasteiger partial charge in [0.05, 0.1) is 40.3 Å². The summed E-state index contributed by atoms with van der Waals surface area (Å²) in [6.07, 6.45) is 5.05. The molecule has 2 amide bonds. The Morgan fingerprint density at radius 1 is 1.08 bits per heavy atom. The predicted molar refractivity (Wildman–Crippen MR) is 141 cm³/mol. The first kappa shape index (κ1) is 24.8. The second-order valence-corrected chi connectivity index (χ2v) is 9.49. The minimum atomic E-state index is -0.794. The van der Waals surface area contributed by atoms with Gasteiger partial charge in [0.15, 0.2) is 0 Å². The number of pyridine rings is 1. The number of rotatable bonds is 8. The summed E-state index contributed by atoms with van der Waals surface area (Å²) in [4.78, 5) is 30.5. The van der Waals surface area contributed by atoms with E-state index >= 15 is 0 Å². The molecule has 0 spiro atoms. The minimum absolute atomic E-state index is 0.196. The van der Waals surface area contributed by atoms with Gasteiger partial charge in [-0.1, -0.05) is 35.5 Å². The summed E-state index contributed by atoms with van der Waals surface area (Å²) in [6, 6.07) is 20.3. The number of aryl methyl sites for hydroxylation is 1. The number of likely N-dealkylation sites (N-methyl/N-ethyl adjacent to an activating group) is 1. The number of carbonyl (C=O) groups is 2. The van der Waals surface area contributed by atoms with E-state index < -0.39 is 11.5 Å². The van der Waals surface area contributed by atoms with Gasteiger partial charge < -0.3 is 10.6 Å². The van der Waals surface area contributed by atoms with E-state index in [0.717, 1.165) is 28.1 Å². The summed E-state index contributed by atoms with van der Waals surface area (Å²) in [5, 5.41) is 23.0. The zero-order valence-corrected chi connectivity index (χ0v) is 21.2. The van der Waals surface area contributed by atoms with Crippen LogP contribution in [-0.4, -0.2) is 44.9 Å². The Bertz CT molecular complexity index is 1510. The number of carbonyl (C=O) groups excluding carboxylic acids is 2. The van der Waals surface area contributed by atoms with Crippen molar-refractivity contribution in [1.82, 2.24) is 30.6 Å². The molecule has 2 aromatic carbocycles. The smallest absolute Gasteiger partial charge is 0.242 e. The average Bonchev–Trinajstić information content (AvgIpc) is 3.64. The first-order chi connectivity index (χ1) is 18.4. The molecule has 0 bridgehead atoms. The van der Waals surface area contributed by atoms with Crippen molar-refractivity contribution < 1.29 is 9.59 Å². The lowest BCUT2D eigenvalue weighted by Crippen LogP contribution is -2.50. The fourth-order valence-corrected chi connectivity index (χ4v) is 4.63. The van der Waals surface area contributed by atoms with Gasteiger partial charge in [0, 0.05) is 19.7 Å². The van der Waals surface area contributed by atoms with Crippen molar-refractivity contribution in [3.05, 3.63) is 95.6 Å². The number of benzene rings is 2. The molecule has 1 unspecified atom stereocenters. The number of hydrogen-bond acceptors (Lipinski definition) is 6. The van der Waals surface area contributed by atoms with Gasteiger partial charge in [0.1, 0.15) is 6.04 Å². The maximum Gasteiger partial charge on any atom is 0.242 e. The van der Waals surface area contributed by atoms with Gasteiger partial charge in [-0.15, -0.1) is 5.10 Å². The quantitative estimate of drug-likeness (QED) is 0.379. The molecule has 1 aliphatic carbocycles. The highest BCUT2D eigenvalue weighted by molar-refractivity contribution is 5.95. The average molecular weight is 506 g/mol. The van der Waals surface area contributed by atoms with Crippen molar-refractivity contribution in [2.75, 3.05) is 7.05 Å². The lowest BCUT2D eigenvalue weighted by atomic mass is 9.96. The van der Waals surface area contributed by atoms with Gasteiger partial charge in [0.2, 0.25) is 11.8 Å². The van der Waals surface area contributed by atoms with Crippen LogP contribution in [0.5, 0.6) is 0 Å². The molecule has 2 aromatic heterocycles. The van der Waals surface area contributed by atoms with Crippen molar-refractivity contribution in [2.45, 2.75) is 37.6 Å². The Morgan fingerprint density at radius 3 is 2.37 bits per heavy atom. The van der Waals surface area contributed by atoms with Crippen LogP contribution in [0.25, 0.3) is 16.8 Å². The van der Waals surface area contributed by atoms with E-state index in [0.29, 0.717) is 24.1 Å². The normalized spacial score (nSPS) is 14.2. The van der Waals surface area contributed by atoms with Gasteiger partial charge in [-0.2, -0.15) is 5.26 Å². The monoisotopic (exact) mass is 505 g/mol. The fourth-order valence-electron chi connectivity index (χ4n) is 4.63. The van der Waals surface area contributed by atoms with Crippen LogP contribution in [0.1, 0.15) is 35.4 Å². The number of aromatic nitrogens is 4. The molecule has 38 heavy (non-hydrogen) atoms. The Morgan fingerprint density at radius 2 is 1.76 bits per heavy atom. The van der Waals surface area contributed by atoms with E-state index in [1.807, 2.05) is 55.5 Å². The molecule has 1 aliphatic rings. The van der Waals surface area contributed by atoms with E-state index in [-0.39, 0.29) is 18.2 Å². The summed E-state index contributed by atoms with van der Waals surface area (Å²) in [7, 11) is 1.55. The van der Waals surface area contributed by atoms with E-state index in [1.54, 1.807) is 36.3 Å². The van der Waals surface area contributed by atoms with Crippen LogP contribution in [0.15, 0.2) is 73.1 Å². The number of nitrogens with one attached hydrogen (secondary N) is 2. The van der Waals surface area contributed by atoms with Crippen LogP contribution in [0, 0.1) is 18.3 Å². The maximum atomic E-state index is 13.3. The molecule has 2 N–H and O–H groups in total. The summed E-state index contributed by atoms with van der Waals surface area (Å²) < 4.78 is 1.64. The molecular weight excluding hydrogens is 478 g/mol.